The van der Waals surface area contributed by atoms with Crippen molar-refractivity contribution >= 4 is 38.6 Å². The molecule has 0 bridgehead atoms. The van der Waals surface area contributed by atoms with E-state index in [1.807, 2.05) is 6.08 Å². The molecule has 0 aromatic heterocycles. The first kappa shape index (κ1) is 36.9. The summed E-state index contributed by atoms with van der Waals surface area (Å²) < 4.78 is 17.8. The van der Waals surface area contributed by atoms with Crippen LogP contribution in [0, 0.1) is 0 Å². The van der Waals surface area contributed by atoms with Crippen LogP contribution in [0.15, 0.2) is 34.2 Å². The molecule has 0 saturated carbocycles. The third kappa shape index (κ3) is 13.3. The predicted octanol–water partition coefficient (Wildman–Crippen LogP) is 7.95. The Kier molecular flexibility index (Phi) is 17.8. The topological polar surface area (TPSA) is 76.1 Å². The van der Waals surface area contributed by atoms with Gasteiger partial charge in [0.2, 0.25) is 0 Å². The second-order valence-electron chi connectivity index (χ2n) is 12.0. The van der Waals surface area contributed by atoms with Gasteiger partial charge in [0.1, 0.15) is 0 Å². The van der Waals surface area contributed by atoms with Crippen LogP contribution in [-0.2, 0) is 18.8 Å². The second-order valence-corrected chi connectivity index (χ2v) is 29.8. The number of carbonyl (C=O) groups is 2. The average molecular weight is 659 g/mol. The Balaban J connectivity index is 5.57. The summed E-state index contributed by atoms with van der Waals surface area (Å²) in [5.41, 5.74) is 0. The van der Waals surface area contributed by atoms with Gasteiger partial charge in [-0.1, -0.05) is 20.8 Å². The summed E-state index contributed by atoms with van der Waals surface area (Å²) in [6.45, 7) is 17.4. The fourth-order valence-corrected chi connectivity index (χ4v) is 19.1. The molecule has 1 N–H and O–H groups in total. The van der Waals surface area contributed by atoms with E-state index in [4.69, 9.17) is 9.16 Å². The first-order valence-electron chi connectivity index (χ1n) is 14.4. The van der Waals surface area contributed by atoms with Gasteiger partial charge >= 0.3 is 201 Å². The van der Waals surface area contributed by atoms with Crippen molar-refractivity contribution in [3.05, 3.63) is 34.2 Å². The number of rotatable bonds is 18. The van der Waals surface area contributed by atoms with Gasteiger partial charge in [0.15, 0.2) is 0 Å². The molecule has 0 aliphatic rings. The number of nitrogens with zero attached hydrogens (tertiary/aromatic N) is 1. The number of methoxy groups -OCH3 is 1. The van der Waals surface area contributed by atoms with Crippen molar-refractivity contribution in [3.8, 4) is 0 Å². The van der Waals surface area contributed by atoms with Crippen LogP contribution in [0.4, 0.5) is 0 Å². The van der Waals surface area contributed by atoms with Crippen molar-refractivity contribution in [3.63, 3.8) is 0 Å². The van der Waals surface area contributed by atoms with Crippen LogP contribution in [0.2, 0.25) is 31.4 Å². The molecular weight excluding hydrogens is 601 g/mol. The van der Waals surface area contributed by atoms with Crippen molar-refractivity contribution in [1.29, 1.82) is 0 Å². The van der Waals surface area contributed by atoms with Gasteiger partial charge in [0.25, 0.3) is 0 Å². The summed E-state index contributed by atoms with van der Waals surface area (Å²) in [5, 5.41) is 10.4. The van der Waals surface area contributed by atoms with Gasteiger partial charge in [-0.3, -0.25) is 0 Å². The molecule has 0 aliphatic heterocycles. The average Bonchev–Trinajstić information content (AvgIpc) is 2.86. The summed E-state index contributed by atoms with van der Waals surface area (Å²) in [7, 11) is 0.706. The second kappa shape index (κ2) is 18.3. The summed E-state index contributed by atoms with van der Waals surface area (Å²) in [6, 6.07) is -0.889. The van der Waals surface area contributed by atoms with Crippen LogP contribution in [0.3, 0.4) is 0 Å². The number of aliphatic hydroxyl groups is 1. The Morgan fingerprint density at radius 2 is 1.47 bits per heavy atom. The third-order valence-electron chi connectivity index (χ3n) is 7.88. The van der Waals surface area contributed by atoms with Crippen molar-refractivity contribution in [2.75, 3.05) is 20.8 Å². The molecule has 0 spiro atoms. The minimum absolute atomic E-state index is 0.0295. The molecule has 0 unspecified atom stereocenters. The number of likely N-dealkylation sites (N-methyl/N-ethyl adjacent to an activating group) is 1. The summed E-state index contributed by atoms with van der Waals surface area (Å²) in [4.78, 5) is 26.6. The van der Waals surface area contributed by atoms with Gasteiger partial charge in [0.05, 0.1) is 0 Å². The molecule has 0 aliphatic carbocycles. The molecule has 0 fully saturated rings. The summed E-state index contributed by atoms with van der Waals surface area (Å²) in [6.07, 6.45) is 14.2. The van der Waals surface area contributed by atoms with Gasteiger partial charge in [0, 0.05) is 0 Å². The number of ether oxygens (including phenoxy) is 1. The Bertz CT molecular complexity index is 779. The molecule has 8 heteroatoms. The molecule has 0 aromatic rings. The normalized spacial score (nSPS) is 14.3. The van der Waals surface area contributed by atoms with Gasteiger partial charge in [-0.2, -0.15) is 0 Å². The number of aliphatic hydroxyl groups excluding tert-OH is 1. The van der Waals surface area contributed by atoms with E-state index >= 15 is 0 Å². The van der Waals surface area contributed by atoms with Crippen LogP contribution >= 0.6 is 0 Å². The number of hydrogen-bond acceptors (Lipinski definition) is 5. The van der Waals surface area contributed by atoms with Crippen molar-refractivity contribution in [1.82, 2.24) is 4.90 Å². The molecular formula is C30H57NO5SiSn. The Hall–Kier alpha value is -1.06. The van der Waals surface area contributed by atoms with Crippen LogP contribution in [0.1, 0.15) is 80.1 Å². The van der Waals surface area contributed by atoms with Crippen LogP contribution in [-0.4, -0.2) is 75.4 Å². The number of hydrogen-bond donors (Lipinski definition) is 1. The zero-order chi connectivity index (χ0) is 29.4. The van der Waals surface area contributed by atoms with Crippen LogP contribution < -0.4 is 0 Å². The fourth-order valence-electron chi connectivity index (χ4n) is 4.03. The minimum atomic E-state index is -2.39. The number of allylic oxidation sites excluding steroid dienone is 3. The molecule has 220 valence electrons. The van der Waals surface area contributed by atoms with Crippen molar-refractivity contribution < 1.29 is 23.9 Å². The van der Waals surface area contributed by atoms with Gasteiger partial charge < -0.3 is 0 Å². The number of amides is 1. The predicted molar refractivity (Wildman–Crippen MR) is 166 cm³/mol. The zero-order valence-electron chi connectivity index (χ0n) is 26.1. The van der Waals surface area contributed by atoms with Gasteiger partial charge in [-0.15, -0.1) is 0 Å². The maximum atomic E-state index is 12.9. The molecule has 1 amide bonds. The molecule has 0 radical (unpaired) electrons. The molecule has 38 heavy (non-hydrogen) atoms. The van der Waals surface area contributed by atoms with E-state index in [9.17, 15) is 14.7 Å². The van der Waals surface area contributed by atoms with E-state index in [2.05, 4.69) is 64.8 Å². The molecule has 0 heterocycles. The number of carbonyl (C=O) groups excluding carboxylic acids is 2. The SMILES string of the molecule is CCC[CH2][Sn](/[CH]=C/C=C/C(O)=C/C(=O)N(C)[C@@H](CO[Si](C)(C)C(C)(C)C)C(=O)OC)([CH2]CCC)[CH2]CCC. The molecule has 1 atom stereocenters. The zero-order valence-corrected chi connectivity index (χ0v) is 29.9. The van der Waals surface area contributed by atoms with E-state index in [1.54, 1.807) is 6.08 Å². The van der Waals surface area contributed by atoms with E-state index in [0.717, 1.165) is 6.08 Å². The van der Waals surface area contributed by atoms with Gasteiger partial charge in [-0.25, -0.2) is 0 Å². The number of esters is 1. The quantitative estimate of drug-likeness (QED) is 0.0532. The summed E-state index contributed by atoms with van der Waals surface area (Å²) in [5.74, 6) is -1.16. The van der Waals surface area contributed by atoms with Gasteiger partial charge in [-0.05, 0) is 18.1 Å². The van der Waals surface area contributed by atoms with E-state index < -0.39 is 44.6 Å². The van der Waals surface area contributed by atoms with Crippen LogP contribution in [0.25, 0.3) is 0 Å². The number of unbranched alkanes of at least 4 members (excludes halogenated alkanes) is 3. The standard InChI is InChI=1S/C18H30NO5Si.3C4H9.Sn/c1-9-10-11-14(20)12-16(21)19(5)15(17(22)23-6)13-24-25(7,8)18(2,3)4;3*1-3-4-2;/h1,9-12,15,20H,13H2,2-8H3;3*1,3-4H2,2H3;/b9-1?,11-10+,14-12-;;;;/t15-;;;;/m0..../s1. The summed E-state index contributed by atoms with van der Waals surface area (Å²) >= 11 is -2.39. The Morgan fingerprint density at radius 1 is 0.974 bits per heavy atom. The van der Waals surface area contributed by atoms with Crippen LogP contribution in [0.5, 0.6) is 0 Å². The fraction of sp³-hybridized carbons (Fsp3) is 0.733. The molecule has 0 aromatic carbocycles. The Labute approximate surface area is 238 Å². The van der Waals surface area contributed by atoms with Crippen molar-refractivity contribution in [2.24, 2.45) is 0 Å². The maximum absolute atomic E-state index is 12.9. The van der Waals surface area contributed by atoms with E-state index in [0.29, 0.717) is 0 Å². The van der Waals surface area contributed by atoms with Crippen molar-refractivity contribution in [2.45, 2.75) is 118 Å². The third-order valence-corrected chi connectivity index (χ3v) is 26.5. The monoisotopic (exact) mass is 659 g/mol. The molecule has 6 nitrogen and oxygen atoms in total. The van der Waals surface area contributed by atoms with E-state index in [1.165, 1.54) is 70.9 Å². The first-order valence-corrected chi connectivity index (χ1v) is 25.1. The van der Waals surface area contributed by atoms with E-state index in [-0.39, 0.29) is 17.4 Å². The first-order chi connectivity index (χ1) is 17.7. The Morgan fingerprint density at radius 3 is 1.89 bits per heavy atom. The molecule has 0 saturated heterocycles. The molecule has 0 rings (SSSR count).